The van der Waals surface area contributed by atoms with Gasteiger partial charge in [-0.2, -0.15) is 0 Å². The highest BCUT2D eigenvalue weighted by molar-refractivity contribution is 5.39. The van der Waals surface area contributed by atoms with Crippen LogP contribution in [-0.4, -0.2) is 6.61 Å². The molecular weight excluding hydrogens is 140 g/mol. The van der Waals surface area contributed by atoms with Crippen molar-refractivity contribution in [2.45, 2.75) is 13.5 Å². The van der Waals surface area contributed by atoms with Crippen LogP contribution >= 0.6 is 0 Å². The van der Waals surface area contributed by atoms with Crippen molar-refractivity contribution in [2.75, 3.05) is 6.61 Å². The summed E-state index contributed by atoms with van der Waals surface area (Å²) >= 11 is 0. The first-order valence-corrected chi connectivity index (χ1v) is 3.65. The van der Waals surface area contributed by atoms with Gasteiger partial charge < -0.3 is 9.15 Å². The highest BCUT2D eigenvalue weighted by Gasteiger charge is 1.97. The lowest BCUT2D eigenvalue weighted by Crippen LogP contribution is -1.88. The monoisotopic (exact) mass is 152 g/mol. The summed E-state index contributed by atoms with van der Waals surface area (Å²) in [4.78, 5) is 0. The molecule has 0 aliphatic rings. The second-order valence-electron chi connectivity index (χ2n) is 2.15. The second kappa shape index (κ2) is 3.98. The summed E-state index contributed by atoms with van der Waals surface area (Å²) in [6, 6.07) is 3.77. The van der Waals surface area contributed by atoms with E-state index < -0.39 is 0 Å². The molecule has 1 aromatic rings. The Bertz CT molecular complexity index is 225. The molecule has 1 heterocycles. The molecule has 2 heteroatoms. The molecule has 0 atom stereocenters. The van der Waals surface area contributed by atoms with E-state index in [0.717, 1.165) is 11.5 Å². The molecule has 0 aliphatic heterocycles. The van der Waals surface area contributed by atoms with E-state index in [1.807, 2.05) is 19.1 Å². The van der Waals surface area contributed by atoms with Crippen LogP contribution in [0.2, 0.25) is 0 Å². The van der Waals surface area contributed by atoms with E-state index in [0.29, 0.717) is 13.2 Å². The van der Waals surface area contributed by atoms with Crippen LogP contribution in [0.25, 0.3) is 6.08 Å². The second-order valence-corrected chi connectivity index (χ2v) is 2.15. The fraction of sp³-hybridized carbons (Fsp3) is 0.333. The smallest absolute Gasteiger partial charge is 0.130 e. The predicted octanol–water partition coefficient (Wildman–Crippen LogP) is 2.46. The average molecular weight is 152 g/mol. The highest BCUT2D eigenvalue weighted by Crippen LogP contribution is 2.09. The Balaban J connectivity index is 2.51. The topological polar surface area (TPSA) is 22.4 Å². The molecule has 0 saturated heterocycles. The van der Waals surface area contributed by atoms with Gasteiger partial charge in [-0.25, -0.2) is 0 Å². The van der Waals surface area contributed by atoms with Gasteiger partial charge in [0.1, 0.15) is 18.1 Å². The molecule has 0 N–H and O–H groups in total. The number of ether oxygens (including phenoxy) is 1. The minimum atomic E-state index is 0.546. The van der Waals surface area contributed by atoms with Crippen LogP contribution in [0, 0.1) is 0 Å². The van der Waals surface area contributed by atoms with E-state index in [2.05, 4.69) is 6.58 Å². The Morgan fingerprint density at radius 3 is 3.00 bits per heavy atom. The van der Waals surface area contributed by atoms with Crippen molar-refractivity contribution in [2.24, 2.45) is 0 Å². The van der Waals surface area contributed by atoms with Gasteiger partial charge in [0.05, 0.1) is 0 Å². The van der Waals surface area contributed by atoms with E-state index in [1.54, 1.807) is 6.08 Å². The van der Waals surface area contributed by atoms with E-state index in [1.165, 1.54) is 0 Å². The van der Waals surface area contributed by atoms with Crippen LogP contribution in [0.5, 0.6) is 0 Å². The Hall–Kier alpha value is -1.02. The standard InChI is InChI=1S/C9H12O2/c1-3-8-5-6-9(11-8)7-10-4-2/h3,5-6H,1,4,7H2,2H3. The summed E-state index contributed by atoms with van der Waals surface area (Å²) in [6.07, 6.45) is 1.68. The Morgan fingerprint density at radius 2 is 2.45 bits per heavy atom. The Morgan fingerprint density at radius 1 is 1.64 bits per heavy atom. The summed E-state index contributed by atoms with van der Waals surface area (Å²) in [5, 5.41) is 0. The van der Waals surface area contributed by atoms with Crippen molar-refractivity contribution in [1.82, 2.24) is 0 Å². The highest BCUT2D eigenvalue weighted by atomic mass is 16.5. The zero-order valence-electron chi connectivity index (χ0n) is 6.67. The largest absolute Gasteiger partial charge is 0.459 e. The number of hydrogen-bond donors (Lipinski definition) is 0. The lowest BCUT2D eigenvalue weighted by molar-refractivity contribution is 0.118. The third-order valence-electron chi connectivity index (χ3n) is 1.33. The minimum absolute atomic E-state index is 0.546. The van der Waals surface area contributed by atoms with Crippen molar-refractivity contribution < 1.29 is 9.15 Å². The van der Waals surface area contributed by atoms with Gasteiger partial charge in [-0.1, -0.05) is 6.58 Å². The third-order valence-corrected chi connectivity index (χ3v) is 1.33. The molecule has 0 unspecified atom stereocenters. The van der Waals surface area contributed by atoms with E-state index in [9.17, 15) is 0 Å². The zero-order chi connectivity index (χ0) is 8.10. The van der Waals surface area contributed by atoms with Crippen molar-refractivity contribution in [1.29, 1.82) is 0 Å². The number of hydrogen-bond acceptors (Lipinski definition) is 2. The molecule has 1 aromatic heterocycles. The molecule has 0 saturated carbocycles. The minimum Gasteiger partial charge on any atom is -0.459 e. The van der Waals surface area contributed by atoms with E-state index in [-0.39, 0.29) is 0 Å². The summed E-state index contributed by atoms with van der Waals surface area (Å²) in [6.45, 7) is 6.80. The molecule has 2 nitrogen and oxygen atoms in total. The molecule has 0 bridgehead atoms. The lowest BCUT2D eigenvalue weighted by Gasteiger charge is -1.94. The zero-order valence-corrected chi connectivity index (χ0v) is 6.67. The first kappa shape index (κ1) is 8.08. The maximum Gasteiger partial charge on any atom is 0.130 e. The van der Waals surface area contributed by atoms with Crippen LogP contribution < -0.4 is 0 Å². The fourth-order valence-corrected chi connectivity index (χ4v) is 0.784. The van der Waals surface area contributed by atoms with Crippen LogP contribution in [-0.2, 0) is 11.3 Å². The molecule has 60 valence electrons. The summed E-state index contributed by atoms with van der Waals surface area (Å²) in [7, 11) is 0. The predicted molar refractivity (Wildman–Crippen MR) is 44.1 cm³/mol. The van der Waals surface area contributed by atoms with Gasteiger partial charge in [0.2, 0.25) is 0 Å². The Labute approximate surface area is 66.5 Å². The molecule has 0 fully saturated rings. The van der Waals surface area contributed by atoms with Crippen molar-refractivity contribution >= 4 is 6.08 Å². The summed E-state index contributed by atoms with van der Waals surface area (Å²) < 4.78 is 10.4. The SMILES string of the molecule is C=Cc1ccc(COCC)o1. The van der Waals surface area contributed by atoms with E-state index in [4.69, 9.17) is 9.15 Å². The fourth-order valence-electron chi connectivity index (χ4n) is 0.784. The van der Waals surface area contributed by atoms with Crippen LogP contribution in [0.1, 0.15) is 18.4 Å². The maximum atomic E-state index is 5.29. The molecular formula is C9H12O2. The molecule has 0 aromatic carbocycles. The van der Waals surface area contributed by atoms with Crippen molar-refractivity contribution in [3.8, 4) is 0 Å². The maximum absolute atomic E-state index is 5.29. The van der Waals surface area contributed by atoms with Crippen LogP contribution in [0.4, 0.5) is 0 Å². The number of rotatable bonds is 4. The average Bonchev–Trinajstić information content (AvgIpc) is 2.48. The number of furan rings is 1. The van der Waals surface area contributed by atoms with Gasteiger partial charge in [0, 0.05) is 6.61 Å². The van der Waals surface area contributed by atoms with Crippen LogP contribution in [0.3, 0.4) is 0 Å². The van der Waals surface area contributed by atoms with Gasteiger partial charge in [-0.05, 0) is 25.1 Å². The first-order valence-electron chi connectivity index (χ1n) is 3.65. The van der Waals surface area contributed by atoms with Crippen molar-refractivity contribution in [3.63, 3.8) is 0 Å². The van der Waals surface area contributed by atoms with Gasteiger partial charge in [0.25, 0.3) is 0 Å². The molecule has 0 spiro atoms. The van der Waals surface area contributed by atoms with Crippen LogP contribution in [0.15, 0.2) is 23.1 Å². The van der Waals surface area contributed by atoms with Crippen molar-refractivity contribution in [3.05, 3.63) is 30.2 Å². The summed E-state index contributed by atoms with van der Waals surface area (Å²) in [5.41, 5.74) is 0. The van der Waals surface area contributed by atoms with E-state index >= 15 is 0 Å². The molecule has 1 rings (SSSR count). The normalized spacial score (nSPS) is 9.91. The molecule has 0 aliphatic carbocycles. The van der Waals surface area contributed by atoms with Gasteiger partial charge in [0.15, 0.2) is 0 Å². The third kappa shape index (κ3) is 2.24. The van der Waals surface area contributed by atoms with Gasteiger partial charge in [-0.3, -0.25) is 0 Å². The summed E-state index contributed by atoms with van der Waals surface area (Å²) in [5.74, 6) is 1.64. The first-order chi connectivity index (χ1) is 5.36. The molecule has 0 amide bonds. The van der Waals surface area contributed by atoms with Gasteiger partial charge >= 0.3 is 0 Å². The Kier molecular flexibility index (Phi) is 2.93. The van der Waals surface area contributed by atoms with Gasteiger partial charge in [-0.15, -0.1) is 0 Å². The lowest BCUT2D eigenvalue weighted by atomic mass is 10.4. The molecule has 0 radical (unpaired) electrons. The quantitative estimate of drug-likeness (QED) is 0.661. The molecule has 11 heavy (non-hydrogen) atoms.